The van der Waals surface area contributed by atoms with E-state index in [9.17, 15) is 4.79 Å². The van der Waals surface area contributed by atoms with Crippen molar-refractivity contribution in [1.82, 2.24) is 25.7 Å². The number of aryl methyl sites for hydroxylation is 2. The van der Waals surface area contributed by atoms with Crippen LogP contribution in [-0.2, 0) is 19.3 Å². The number of nitrogens with zero attached hydrogens (tertiary/aromatic N) is 2. The van der Waals surface area contributed by atoms with E-state index in [0.717, 1.165) is 43.5 Å². The molecule has 0 spiro atoms. The van der Waals surface area contributed by atoms with Crippen LogP contribution in [0.15, 0.2) is 12.3 Å². The van der Waals surface area contributed by atoms with Gasteiger partial charge in [0.2, 0.25) is 0 Å². The molecule has 2 aromatic heterocycles. The zero-order valence-corrected chi connectivity index (χ0v) is 11.6. The quantitative estimate of drug-likeness (QED) is 0.786. The minimum atomic E-state index is -0.100. The van der Waals surface area contributed by atoms with Gasteiger partial charge in [-0.3, -0.25) is 15.0 Å². The number of fused-ring (bicyclic) bond motifs is 1. The average molecular weight is 273 g/mol. The molecule has 0 aliphatic heterocycles. The molecule has 3 N–H and O–H groups in total. The van der Waals surface area contributed by atoms with Gasteiger partial charge in [-0.15, -0.1) is 0 Å². The van der Waals surface area contributed by atoms with E-state index in [1.165, 1.54) is 5.56 Å². The second kappa shape index (κ2) is 5.48. The predicted molar refractivity (Wildman–Crippen MR) is 74.4 cm³/mol. The first kappa shape index (κ1) is 12.9. The van der Waals surface area contributed by atoms with E-state index in [2.05, 4.69) is 32.6 Å². The van der Waals surface area contributed by atoms with Gasteiger partial charge in [0, 0.05) is 23.9 Å². The third kappa shape index (κ3) is 2.59. The van der Waals surface area contributed by atoms with Gasteiger partial charge in [0.25, 0.3) is 5.91 Å². The monoisotopic (exact) mass is 273 g/mol. The molecule has 0 saturated carbocycles. The number of hydrogen-bond acceptors (Lipinski definition) is 3. The minimum Gasteiger partial charge on any atom is -0.348 e. The van der Waals surface area contributed by atoms with E-state index >= 15 is 0 Å². The maximum atomic E-state index is 12.2. The maximum absolute atomic E-state index is 12.2. The Morgan fingerprint density at radius 3 is 3.25 bits per heavy atom. The van der Waals surface area contributed by atoms with Crippen molar-refractivity contribution in [1.29, 1.82) is 0 Å². The Balaban J connectivity index is 1.61. The number of aromatic nitrogens is 4. The highest BCUT2D eigenvalue weighted by Crippen LogP contribution is 2.19. The first-order valence-electron chi connectivity index (χ1n) is 7.12. The lowest BCUT2D eigenvalue weighted by Gasteiger charge is -2.22. The molecular weight excluding hydrogens is 254 g/mol. The molecule has 0 saturated heterocycles. The van der Waals surface area contributed by atoms with Crippen molar-refractivity contribution in [2.75, 3.05) is 0 Å². The van der Waals surface area contributed by atoms with Crippen molar-refractivity contribution in [3.63, 3.8) is 0 Å². The summed E-state index contributed by atoms with van der Waals surface area (Å²) in [5, 5.41) is 17.1. The van der Waals surface area contributed by atoms with Crippen molar-refractivity contribution in [2.24, 2.45) is 0 Å². The first-order valence-corrected chi connectivity index (χ1v) is 7.12. The topological polar surface area (TPSA) is 86.5 Å². The van der Waals surface area contributed by atoms with Gasteiger partial charge in [-0.1, -0.05) is 13.3 Å². The first-order chi connectivity index (χ1) is 9.76. The Bertz CT molecular complexity index is 600. The van der Waals surface area contributed by atoms with Gasteiger partial charge in [0.05, 0.1) is 6.20 Å². The van der Waals surface area contributed by atoms with Gasteiger partial charge in [0.1, 0.15) is 5.69 Å². The molecule has 1 amide bonds. The van der Waals surface area contributed by atoms with Crippen LogP contribution in [0.5, 0.6) is 0 Å². The summed E-state index contributed by atoms with van der Waals surface area (Å²) < 4.78 is 0. The zero-order chi connectivity index (χ0) is 13.9. The van der Waals surface area contributed by atoms with E-state index in [0.29, 0.717) is 5.69 Å². The molecule has 1 atom stereocenters. The summed E-state index contributed by atoms with van der Waals surface area (Å²) in [6.07, 6.45) is 6.55. The molecule has 6 heteroatoms. The fourth-order valence-corrected chi connectivity index (χ4v) is 2.67. The summed E-state index contributed by atoms with van der Waals surface area (Å²) in [5.41, 5.74) is 3.89. The fraction of sp³-hybridized carbons (Fsp3) is 0.500. The Morgan fingerprint density at radius 2 is 2.40 bits per heavy atom. The summed E-state index contributed by atoms with van der Waals surface area (Å²) in [6, 6.07) is 1.99. The van der Waals surface area contributed by atoms with Crippen LogP contribution in [0, 0.1) is 0 Å². The molecule has 3 rings (SSSR count). The van der Waals surface area contributed by atoms with Crippen molar-refractivity contribution in [2.45, 2.75) is 45.1 Å². The third-order valence-corrected chi connectivity index (χ3v) is 3.74. The Labute approximate surface area is 117 Å². The highest BCUT2D eigenvalue weighted by molar-refractivity contribution is 5.92. The maximum Gasteiger partial charge on any atom is 0.272 e. The highest BCUT2D eigenvalue weighted by atomic mass is 16.2. The molecular formula is C14H19N5O. The second-order valence-electron chi connectivity index (χ2n) is 5.32. The largest absolute Gasteiger partial charge is 0.348 e. The van der Waals surface area contributed by atoms with Crippen LogP contribution in [0.4, 0.5) is 0 Å². The molecule has 2 heterocycles. The average Bonchev–Trinajstić information content (AvgIpc) is 3.07. The number of carbonyl (C=O) groups is 1. The molecule has 106 valence electrons. The van der Waals surface area contributed by atoms with Gasteiger partial charge in [-0.05, 0) is 30.9 Å². The summed E-state index contributed by atoms with van der Waals surface area (Å²) in [7, 11) is 0. The summed E-state index contributed by atoms with van der Waals surface area (Å²) in [4.78, 5) is 12.2. The van der Waals surface area contributed by atoms with Crippen LogP contribution in [0.25, 0.3) is 0 Å². The molecule has 2 aromatic rings. The molecule has 1 aliphatic carbocycles. The minimum absolute atomic E-state index is 0.100. The number of nitrogens with one attached hydrogen (secondary N) is 3. The third-order valence-electron chi connectivity index (χ3n) is 3.74. The molecule has 0 fully saturated rings. The van der Waals surface area contributed by atoms with Crippen molar-refractivity contribution in [3.05, 3.63) is 34.9 Å². The van der Waals surface area contributed by atoms with Gasteiger partial charge in [-0.2, -0.15) is 10.2 Å². The summed E-state index contributed by atoms with van der Waals surface area (Å²) >= 11 is 0. The van der Waals surface area contributed by atoms with Crippen LogP contribution in [0.1, 0.15) is 47.2 Å². The Kier molecular flexibility index (Phi) is 3.54. The van der Waals surface area contributed by atoms with Gasteiger partial charge < -0.3 is 5.32 Å². The molecule has 0 unspecified atom stereocenters. The van der Waals surface area contributed by atoms with Crippen LogP contribution in [-0.4, -0.2) is 32.3 Å². The van der Waals surface area contributed by atoms with E-state index in [1.807, 2.05) is 12.3 Å². The lowest BCUT2D eigenvalue weighted by atomic mass is 9.94. The Morgan fingerprint density at radius 1 is 1.50 bits per heavy atom. The van der Waals surface area contributed by atoms with Gasteiger partial charge in [0.15, 0.2) is 0 Å². The van der Waals surface area contributed by atoms with Gasteiger partial charge in [-0.25, -0.2) is 0 Å². The molecule has 0 radical (unpaired) electrons. The number of aromatic amines is 2. The summed E-state index contributed by atoms with van der Waals surface area (Å²) in [5.74, 6) is -0.100. The van der Waals surface area contributed by atoms with E-state index in [1.54, 1.807) is 0 Å². The zero-order valence-electron chi connectivity index (χ0n) is 11.6. The molecule has 1 aliphatic rings. The predicted octanol–water partition coefficient (Wildman–Crippen LogP) is 1.37. The van der Waals surface area contributed by atoms with Crippen LogP contribution < -0.4 is 5.32 Å². The van der Waals surface area contributed by atoms with E-state index in [-0.39, 0.29) is 11.9 Å². The normalized spacial score (nSPS) is 17.8. The molecule has 0 aromatic carbocycles. The van der Waals surface area contributed by atoms with E-state index in [4.69, 9.17) is 0 Å². The van der Waals surface area contributed by atoms with Crippen LogP contribution in [0.3, 0.4) is 0 Å². The SMILES string of the molecule is CCCc1cc(C(=O)N[C@H]2CCc3cn[nH]c3C2)n[nH]1. The van der Waals surface area contributed by atoms with Crippen molar-refractivity contribution < 1.29 is 4.79 Å². The van der Waals surface area contributed by atoms with Crippen molar-refractivity contribution in [3.8, 4) is 0 Å². The second-order valence-corrected chi connectivity index (χ2v) is 5.32. The highest BCUT2D eigenvalue weighted by Gasteiger charge is 2.22. The molecule has 6 nitrogen and oxygen atoms in total. The number of H-pyrrole nitrogens is 2. The smallest absolute Gasteiger partial charge is 0.272 e. The lowest BCUT2D eigenvalue weighted by molar-refractivity contribution is 0.0928. The molecule has 0 bridgehead atoms. The number of hydrogen-bond donors (Lipinski definition) is 3. The number of rotatable bonds is 4. The molecule has 20 heavy (non-hydrogen) atoms. The van der Waals surface area contributed by atoms with Crippen LogP contribution in [0.2, 0.25) is 0 Å². The van der Waals surface area contributed by atoms with Crippen LogP contribution >= 0.6 is 0 Å². The van der Waals surface area contributed by atoms with Gasteiger partial charge >= 0.3 is 0 Å². The Hall–Kier alpha value is -2.11. The number of carbonyl (C=O) groups excluding carboxylic acids is 1. The van der Waals surface area contributed by atoms with E-state index < -0.39 is 0 Å². The van der Waals surface area contributed by atoms with Crippen molar-refractivity contribution >= 4 is 5.91 Å². The summed E-state index contributed by atoms with van der Waals surface area (Å²) in [6.45, 7) is 2.10. The standard InChI is InChI=1S/C14H19N5O/c1-2-3-11-7-13(19-17-11)14(20)16-10-5-4-9-8-15-18-12(9)6-10/h7-8,10H,2-6H2,1H3,(H,15,18)(H,16,20)(H,17,19)/t10-/m0/s1. The number of amides is 1. The fourth-order valence-electron chi connectivity index (χ4n) is 2.67. The lowest BCUT2D eigenvalue weighted by Crippen LogP contribution is -2.39.